The third-order valence-electron chi connectivity index (χ3n) is 5.28. The van der Waals surface area contributed by atoms with Gasteiger partial charge in [-0.25, -0.2) is 15.0 Å². The second kappa shape index (κ2) is 7.20. The lowest BCUT2D eigenvalue weighted by molar-refractivity contribution is -0.126. The molecule has 7 nitrogen and oxygen atoms in total. The molecular formula is C21H24N6OS. The number of benzene rings is 1. The molecule has 0 bridgehead atoms. The molecular weight excluding hydrogens is 384 g/mol. The maximum absolute atomic E-state index is 12.5. The van der Waals surface area contributed by atoms with E-state index < -0.39 is 5.54 Å². The third kappa shape index (κ3) is 3.49. The molecule has 8 heteroatoms. The minimum atomic E-state index is -0.626. The fourth-order valence-corrected chi connectivity index (χ4v) is 4.05. The largest absolute Gasteiger partial charge is 0.348 e. The van der Waals surface area contributed by atoms with Gasteiger partial charge in [-0.2, -0.15) is 0 Å². The number of nitrogens with zero attached hydrogens (tertiary/aromatic N) is 4. The Labute approximate surface area is 173 Å². The van der Waals surface area contributed by atoms with Gasteiger partial charge in [-0.15, -0.1) is 0 Å². The van der Waals surface area contributed by atoms with Crippen LogP contribution in [-0.4, -0.2) is 38.0 Å². The van der Waals surface area contributed by atoms with Gasteiger partial charge in [-0.1, -0.05) is 29.5 Å². The molecule has 0 aliphatic heterocycles. The number of hydrogen-bond acceptors (Lipinski definition) is 6. The van der Waals surface area contributed by atoms with Crippen LogP contribution >= 0.6 is 11.3 Å². The van der Waals surface area contributed by atoms with Crippen LogP contribution < -0.4 is 10.6 Å². The zero-order valence-electron chi connectivity index (χ0n) is 17.1. The van der Waals surface area contributed by atoms with Gasteiger partial charge in [0.1, 0.15) is 20.9 Å². The summed E-state index contributed by atoms with van der Waals surface area (Å²) in [5, 5.41) is 7.01. The minimum absolute atomic E-state index is 0.0410. The van der Waals surface area contributed by atoms with Crippen molar-refractivity contribution in [3.63, 3.8) is 0 Å². The molecule has 0 saturated heterocycles. The number of nitrogens with one attached hydrogen (secondary N) is 2. The van der Waals surface area contributed by atoms with Crippen LogP contribution in [0.2, 0.25) is 0 Å². The van der Waals surface area contributed by atoms with Crippen molar-refractivity contribution in [1.29, 1.82) is 0 Å². The number of rotatable bonds is 5. The number of thiazole rings is 1. The normalized spacial score (nSPS) is 13.1. The zero-order valence-corrected chi connectivity index (χ0v) is 18.0. The highest BCUT2D eigenvalue weighted by Crippen LogP contribution is 2.33. The maximum Gasteiger partial charge on any atom is 0.240 e. The van der Waals surface area contributed by atoms with Gasteiger partial charge in [0.25, 0.3) is 0 Å². The summed E-state index contributed by atoms with van der Waals surface area (Å²) in [6.45, 7) is 5.71. The molecule has 2 N–H and O–H groups in total. The first-order valence-electron chi connectivity index (χ1n) is 9.47. The van der Waals surface area contributed by atoms with E-state index in [9.17, 15) is 4.79 Å². The first-order valence-corrected chi connectivity index (χ1v) is 10.3. The molecule has 150 valence electrons. The quantitative estimate of drug-likeness (QED) is 0.529. The van der Waals surface area contributed by atoms with Gasteiger partial charge >= 0.3 is 0 Å². The first-order chi connectivity index (χ1) is 13.8. The number of likely N-dealkylation sites (N-methyl/N-ethyl adjacent to an activating group) is 1. The highest BCUT2D eigenvalue weighted by Gasteiger charge is 2.26. The van der Waals surface area contributed by atoms with Crippen LogP contribution in [-0.2, 0) is 11.8 Å². The molecule has 0 fully saturated rings. The summed E-state index contributed by atoms with van der Waals surface area (Å²) in [4.78, 5) is 27.1. The Morgan fingerprint density at radius 2 is 2.07 bits per heavy atom. The second-order valence-corrected chi connectivity index (χ2v) is 8.69. The van der Waals surface area contributed by atoms with Crippen LogP contribution in [0.15, 0.2) is 36.8 Å². The first kappa shape index (κ1) is 19.5. The minimum Gasteiger partial charge on any atom is -0.348 e. The van der Waals surface area contributed by atoms with E-state index >= 15 is 0 Å². The Hall–Kier alpha value is -2.84. The fraction of sp³-hybridized carbons (Fsp3) is 0.333. The molecule has 0 radical (unpaired) electrons. The number of aryl methyl sites for hydroxylation is 1. The van der Waals surface area contributed by atoms with Crippen molar-refractivity contribution in [3.05, 3.63) is 42.4 Å². The van der Waals surface area contributed by atoms with E-state index in [4.69, 9.17) is 4.98 Å². The number of hydrogen-bond donors (Lipinski definition) is 2. The Morgan fingerprint density at radius 1 is 1.28 bits per heavy atom. The van der Waals surface area contributed by atoms with Crippen LogP contribution in [0.5, 0.6) is 0 Å². The van der Waals surface area contributed by atoms with Crippen molar-refractivity contribution in [1.82, 2.24) is 30.2 Å². The van der Waals surface area contributed by atoms with Crippen LogP contribution in [0.25, 0.3) is 32.0 Å². The lowest BCUT2D eigenvalue weighted by atomic mass is 10.0. The van der Waals surface area contributed by atoms with Gasteiger partial charge in [-0.3, -0.25) is 4.79 Å². The molecule has 0 spiro atoms. The topological polar surface area (TPSA) is 84.7 Å². The zero-order chi connectivity index (χ0) is 20.8. The molecule has 4 rings (SSSR count). The average molecular weight is 409 g/mol. The van der Waals surface area contributed by atoms with Crippen molar-refractivity contribution >= 4 is 38.6 Å². The highest BCUT2D eigenvalue weighted by atomic mass is 32.1. The fourth-order valence-electron chi connectivity index (χ4n) is 3.14. The number of imidazole rings is 1. The number of aromatic nitrogens is 4. The van der Waals surface area contributed by atoms with Gasteiger partial charge in [0.05, 0.1) is 29.6 Å². The van der Waals surface area contributed by atoms with Crippen molar-refractivity contribution < 1.29 is 4.79 Å². The molecule has 0 unspecified atom stereocenters. The molecule has 0 saturated carbocycles. The molecule has 4 aromatic rings. The Bertz CT molecular complexity index is 1210. The van der Waals surface area contributed by atoms with E-state index in [1.807, 2.05) is 50.6 Å². The van der Waals surface area contributed by atoms with Crippen molar-refractivity contribution in [2.75, 3.05) is 7.05 Å². The Kier molecular flexibility index (Phi) is 4.84. The standard InChI is InChI=1S/C21H24N6OS/c1-12(25-20(28)21(2,3)22-4)13-7-6-8-14(9-13)18-26-16-17-15(24-11-27(17)5)10-23-19(16)29-18/h6-12,22H,1-5H3,(H,25,28)/t12-/m0/s1. The number of carbonyl (C=O) groups is 1. The summed E-state index contributed by atoms with van der Waals surface area (Å²) in [5.41, 5.74) is 4.11. The van der Waals surface area contributed by atoms with Crippen molar-refractivity contribution in [2.24, 2.45) is 7.05 Å². The molecule has 0 aliphatic carbocycles. The molecule has 0 aliphatic rings. The summed E-state index contributed by atoms with van der Waals surface area (Å²) in [6, 6.07) is 8.01. The highest BCUT2D eigenvalue weighted by molar-refractivity contribution is 7.21. The van der Waals surface area contributed by atoms with E-state index in [1.54, 1.807) is 30.9 Å². The van der Waals surface area contributed by atoms with Gasteiger partial charge in [0.15, 0.2) is 0 Å². The van der Waals surface area contributed by atoms with Crippen LogP contribution in [0.1, 0.15) is 32.4 Å². The van der Waals surface area contributed by atoms with Gasteiger partial charge < -0.3 is 15.2 Å². The lowest BCUT2D eigenvalue weighted by Gasteiger charge is -2.25. The van der Waals surface area contributed by atoms with Gasteiger partial charge in [-0.05, 0) is 39.4 Å². The summed E-state index contributed by atoms with van der Waals surface area (Å²) >= 11 is 1.56. The van der Waals surface area contributed by atoms with E-state index in [-0.39, 0.29) is 11.9 Å². The van der Waals surface area contributed by atoms with Crippen molar-refractivity contribution in [2.45, 2.75) is 32.4 Å². The summed E-state index contributed by atoms with van der Waals surface area (Å²) in [7, 11) is 3.75. The number of carbonyl (C=O) groups excluding carboxylic acids is 1. The monoisotopic (exact) mass is 408 g/mol. The Balaban J connectivity index is 1.67. The summed E-state index contributed by atoms with van der Waals surface area (Å²) in [6.07, 6.45) is 3.57. The molecule has 3 aromatic heterocycles. The number of fused-ring (bicyclic) bond motifs is 3. The molecule has 3 heterocycles. The van der Waals surface area contributed by atoms with Crippen molar-refractivity contribution in [3.8, 4) is 10.6 Å². The van der Waals surface area contributed by atoms with E-state index in [2.05, 4.69) is 26.7 Å². The molecule has 1 amide bonds. The predicted octanol–water partition coefficient (Wildman–Crippen LogP) is 3.42. The third-order valence-corrected chi connectivity index (χ3v) is 6.29. The van der Waals surface area contributed by atoms with E-state index in [1.165, 1.54) is 0 Å². The van der Waals surface area contributed by atoms with Crippen LogP contribution in [0.3, 0.4) is 0 Å². The molecule has 29 heavy (non-hydrogen) atoms. The average Bonchev–Trinajstić information content (AvgIpc) is 3.31. The van der Waals surface area contributed by atoms with E-state index in [0.717, 1.165) is 37.5 Å². The summed E-state index contributed by atoms with van der Waals surface area (Å²) in [5.74, 6) is -0.0410. The summed E-state index contributed by atoms with van der Waals surface area (Å²) < 4.78 is 1.97. The van der Waals surface area contributed by atoms with Gasteiger partial charge in [0.2, 0.25) is 5.91 Å². The maximum atomic E-state index is 12.5. The smallest absolute Gasteiger partial charge is 0.240 e. The second-order valence-electron chi connectivity index (χ2n) is 7.72. The van der Waals surface area contributed by atoms with Crippen LogP contribution in [0.4, 0.5) is 0 Å². The SMILES string of the molecule is CNC(C)(C)C(=O)N[C@@H](C)c1cccc(-c2nc3c(ncc4ncn(C)c43)s2)c1. The molecule has 1 aromatic carbocycles. The van der Waals surface area contributed by atoms with Gasteiger partial charge in [0, 0.05) is 12.6 Å². The molecule has 1 atom stereocenters. The van der Waals surface area contributed by atoms with Crippen LogP contribution in [0, 0.1) is 0 Å². The van der Waals surface area contributed by atoms with E-state index in [0.29, 0.717) is 0 Å². The number of pyridine rings is 1. The predicted molar refractivity (Wildman–Crippen MR) is 117 cm³/mol. The lowest BCUT2D eigenvalue weighted by Crippen LogP contribution is -2.51. The Morgan fingerprint density at radius 3 is 2.83 bits per heavy atom. The number of amides is 1.